The van der Waals surface area contributed by atoms with E-state index in [1.54, 1.807) is 62.8 Å². The molecule has 12 nitrogen and oxygen atoms in total. The van der Waals surface area contributed by atoms with Crippen LogP contribution in [0.25, 0.3) is 0 Å². The zero-order chi connectivity index (χ0) is 26.4. The number of nitrogens with one attached hydrogen (secondary N) is 3. The SMILES string of the molecule is CN(C)C(=O)NC1CCCN(c2cnc(C(N)=O)c(Nc3ccc(C(=O)Nc4ccccn4)cc3)n2)C1. The van der Waals surface area contributed by atoms with Crippen LogP contribution < -0.4 is 26.6 Å². The fourth-order valence-electron chi connectivity index (χ4n) is 3.87. The second-order valence-corrected chi connectivity index (χ2v) is 8.79. The summed E-state index contributed by atoms with van der Waals surface area (Å²) in [5.74, 6) is 0.195. The Hall–Kier alpha value is -4.74. The molecular weight excluding hydrogens is 474 g/mol. The van der Waals surface area contributed by atoms with Crippen LogP contribution in [0, 0.1) is 0 Å². The topological polar surface area (TPSA) is 158 Å². The van der Waals surface area contributed by atoms with E-state index in [0.29, 0.717) is 29.4 Å². The molecule has 1 fully saturated rings. The van der Waals surface area contributed by atoms with Crippen LogP contribution in [-0.2, 0) is 0 Å². The number of rotatable bonds is 7. The van der Waals surface area contributed by atoms with Crippen molar-refractivity contribution in [2.24, 2.45) is 5.73 Å². The third-order valence-electron chi connectivity index (χ3n) is 5.79. The minimum absolute atomic E-state index is 0.00445. The first-order valence-electron chi connectivity index (χ1n) is 11.8. The maximum Gasteiger partial charge on any atom is 0.317 e. The number of nitrogens with two attached hydrogens (primary N) is 1. The van der Waals surface area contributed by atoms with Crippen molar-refractivity contribution in [3.63, 3.8) is 0 Å². The quantitative estimate of drug-likeness (QED) is 0.382. The van der Waals surface area contributed by atoms with Crippen LogP contribution >= 0.6 is 0 Å². The van der Waals surface area contributed by atoms with Crippen molar-refractivity contribution in [2.45, 2.75) is 18.9 Å². The number of nitrogens with zero attached hydrogens (tertiary/aromatic N) is 5. The Morgan fingerprint density at radius 2 is 1.86 bits per heavy atom. The first-order valence-corrected chi connectivity index (χ1v) is 11.8. The summed E-state index contributed by atoms with van der Waals surface area (Å²) in [5.41, 5.74) is 6.56. The highest BCUT2D eigenvalue weighted by Crippen LogP contribution is 2.24. The van der Waals surface area contributed by atoms with Crippen molar-refractivity contribution in [1.82, 2.24) is 25.2 Å². The van der Waals surface area contributed by atoms with Crippen LogP contribution in [0.2, 0.25) is 0 Å². The number of benzene rings is 1. The van der Waals surface area contributed by atoms with E-state index in [1.165, 1.54) is 11.1 Å². The van der Waals surface area contributed by atoms with Gasteiger partial charge in [0.2, 0.25) is 0 Å². The summed E-state index contributed by atoms with van der Waals surface area (Å²) in [4.78, 5) is 53.0. The van der Waals surface area contributed by atoms with Gasteiger partial charge in [0, 0.05) is 50.7 Å². The maximum atomic E-state index is 12.5. The van der Waals surface area contributed by atoms with Gasteiger partial charge >= 0.3 is 6.03 Å². The standard InChI is InChI=1S/C25H29N9O3/c1-33(2)25(37)30-18-6-5-13-34(15-18)20-14-28-21(22(26)35)23(32-20)29-17-10-8-16(9-11-17)24(36)31-19-7-3-4-12-27-19/h3-4,7-12,14,18H,5-6,13,15H2,1-2H3,(H2,26,35)(H,29,32)(H,30,37)(H,27,31,36). The molecule has 2 aromatic heterocycles. The molecule has 4 rings (SSSR count). The number of urea groups is 1. The number of hydrogen-bond acceptors (Lipinski definition) is 8. The Morgan fingerprint density at radius 3 is 2.54 bits per heavy atom. The van der Waals surface area contributed by atoms with Gasteiger partial charge in [-0.1, -0.05) is 6.07 Å². The molecule has 0 radical (unpaired) electrons. The van der Waals surface area contributed by atoms with Gasteiger partial charge in [-0.05, 0) is 49.2 Å². The van der Waals surface area contributed by atoms with Gasteiger partial charge < -0.3 is 31.5 Å². The molecule has 192 valence electrons. The molecule has 1 unspecified atom stereocenters. The minimum Gasteiger partial charge on any atom is -0.364 e. The normalized spacial score (nSPS) is 15.0. The smallest absolute Gasteiger partial charge is 0.317 e. The summed E-state index contributed by atoms with van der Waals surface area (Å²) < 4.78 is 0. The molecule has 5 N–H and O–H groups in total. The van der Waals surface area contributed by atoms with Crippen LogP contribution in [0.15, 0.2) is 54.9 Å². The Balaban J connectivity index is 1.48. The lowest BCUT2D eigenvalue weighted by molar-refractivity contribution is 0.0993. The lowest BCUT2D eigenvalue weighted by Gasteiger charge is -2.34. The largest absolute Gasteiger partial charge is 0.364 e. The number of amides is 4. The molecule has 12 heteroatoms. The predicted molar refractivity (Wildman–Crippen MR) is 140 cm³/mol. The van der Waals surface area contributed by atoms with E-state index >= 15 is 0 Å². The number of anilines is 4. The Morgan fingerprint density at radius 1 is 1.08 bits per heavy atom. The molecule has 1 aliphatic rings. The van der Waals surface area contributed by atoms with Gasteiger partial charge in [-0.15, -0.1) is 0 Å². The fraction of sp³-hybridized carbons (Fsp3) is 0.280. The molecule has 1 aromatic carbocycles. The number of carbonyl (C=O) groups excluding carboxylic acids is 3. The number of hydrogen-bond donors (Lipinski definition) is 4. The van der Waals surface area contributed by atoms with E-state index < -0.39 is 5.91 Å². The van der Waals surface area contributed by atoms with Gasteiger partial charge in [-0.2, -0.15) is 0 Å². The molecule has 0 saturated carbocycles. The molecule has 3 heterocycles. The zero-order valence-corrected chi connectivity index (χ0v) is 20.6. The monoisotopic (exact) mass is 503 g/mol. The number of carbonyl (C=O) groups is 3. The molecule has 0 bridgehead atoms. The van der Waals surface area contributed by atoms with Gasteiger partial charge in [0.05, 0.1) is 6.20 Å². The predicted octanol–water partition coefficient (Wildman–Crippen LogP) is 2.21. The molecule has 0 spiro atoms. The van der Waals surface area contributed by atoms with Gasteiger partial charge in [0.15, 0.2) is 11.5 Å². The molecule has 37 heavy (non-hydrogen) atoms. The highest BCUT2D eigenvalue weighted by Gasteiger charge is 2.24. The van der Waals surface area contributed by atoms with Gasteiger partial charge in [-0.3, -0.25) is 9.59 Å². The summed E-state index contributed by atoms with van der Waals surface area (Å²) in [6, 6.07) is 11.7. The summed E-state index contributed by atoms with van der Waals surface area (Å²) in [7, 11) is 3.39. The molecule has 0 aliphatic carbocycles. The maximum absolute atomic E-state index is 12.5. The minimum atomic E-state index is -0.720. The lowest BCUT2D eigenvalue weighted by Crippen LogP contribution is -2.50. The Kier molecular flexibility index (Phi) is 7.77. The fourth-order valence-corrected chi connectivity index (χ4v) is 3.87. The summed E-state index contributed by atoms with van der Waals surface area (Å²) in [5, 5.41) is 8.82. The summed E-state index contributed by atoms with van der Waals surface area (Å²) in [6.45, 7) is 1.29. The van der Waals surface area contributed by atoms with Crippen molar-refractivity contribution < 1.29 is 14.4 Å². The van der Waals surface area contributed by atoms with Gasteiger partial charge in [0.25, 0.3) is 11.8 Å². The molecule has 3 aromatic rings. The Bertz CT molecular complexity index is 1270. The van der Waals surface area contributed by atoms with Crippen molar-refractivity contribution in [1.29, 1.82) is 0 Å². The summed E-state index contributed by atoms with van der Waals surface area (Å²) in [6.07, 6.45) is 4.82. The van der Waals surface area contributed by atoms with E-state index in [1.807, 2.05) is 4.90 Å². The van der Waals surface area contributed by atoms with E-state index in [4.69, 9.17) is 5.73 Å². The van der Waals surface area contributed by atoms with Crippen LogP contribution in [-0.4, -0.2) is 70.9 Å². The van der Waals surface area contributed by atoms with Crippen molar-refractivity contribution >= 4 is 41.0 Å². The molecular formula is C25H29N9O3. The van der Waals surface area contributed by atoms with Gasteiger partial charge in [-0.25, -0.2) is 19.7 Å². The van der Waals surface area contributed by atoms with Crippen LogP contribution in [0.1, 0.15) is 33.7 Å². The third-order valence-corrected chi connectivity index (χ3v) is 5.79. The first-order chi connectivity index (χ1) is 17.8. The van der Waals surface area contributed by atoms with E-state index in [2.05, 4.69) is 30.9 Å². The molecule has 1 atom stereocenters. The second kappa shape index (κ2) is 11.3. The number of aromatic nitrogens is 3. The van der Waals surface area contributed by atoms with E-state index in [-0.39, 0.29) is 29.5 Å². The molecule has 4 amide bonds. The number of piperidine rings is 1. The molecule has 1 saturated heterocycles. The van der Waals surface area contributed by atoms with E-state index in [9.17, 15) is 14.4 Å². The Labute approximate surface area is 214 Å². The highest BCUT2D eigenvalue weighted by molar-refractivity contribution is 6.04. The van der Waals surface area contributed by atoms with Crippen LogP contribution in [0.5, 0.6) is 0 Å². The van der Waals surface area contributed by atoms with Gasteiger partial charge in [0.1, 0.15) is 11.6 Å². The van der Waals surface area contributed by atoms with E-state index in [0.717, 1.165) is 19.4 Å². The van der Waals surface area contributed by atoms with Crippen molar-refractivity contribution in [3.8, 4) is 0 Å². The average Bonchev–Trinajstić information content (AvgIpc) is 2.89. The van der Waals surface area contributed by atoms with Crippen molar-refractivity contribution in [3.05, 3.63) is 66.1 Å². The number of primary amides is 1. The second-order valence-electron chi connectivity index (χ2n) is 8.79. The first kappa shape index (κ1) is 25.4. The third kappa shape index (κ3) is 6.48. The zero-order valence-electron chi connectivity index (χ0n) is 20.6. The van der Waals surface area contributed by atoms with Crippen molar-refractivity contribution in [2.75, 3.05) is 42.7 Å². The number of pyridine rings is 1. The lowest BCUT2D eigenvalue weighted by atomic mass is 10.1. The average molecular weight is 504 g/mol. The van der Waals surface area contributed by atoms with Crippen LogP contribution in [0.4, 0.5) is 27.9 Å². The summed E-state index contributed by atoms with van der Waals surface area (Å²) >= 11 is 0. The molecule has 1 aliphatic heterocycles. The highest BCUT2D eigenvalue weighted by atomic mass is 16.2. The van der Waals surface area contributed by atoms with Crippen LogP contribution in [0.3, 0.4) is 0 Å².